The predicted octanol–water partition coefficient (Wildman–Crippen LogP) is 2.71. The van der Waals surface area contributed by atoms with Crippen LogP contribution in [0.4, 0.5) is 0 Å². The zero-order valence-electron chi connectivity index (χ0n) is 11.5. The number of rotatable bonds is 5. The first kappa shape index (κ1) is 12.7. The summed E-state index contributed by atoms with van der Waals surface area (Å²) in [4.78, 5) is 0. The van der Waals surface area contributed by atoms with Crippen molar-refractivity contribution in [2.24, 2.45) is 7.05 Å². The van der Waals surface area contributed by atoms with Crippen molar-refractivity contribution in [1.29, 1.82) is 0 Å². The average Bonchev–Trinajstić information content (AvgIpc) is 3.12. The molecule has 0 spiro atoms. The van der Waals surface area contributed by atoms with E-state index in [2.05, 4.69) is 69.7 Å². The highest BCUT2D eigenvalue weighted by Gasteiger charge is 2.00. The smallest absolute Gasteiger partial charge is 0.0650 e. The van der Waals surface area contributed by atoms with Crippen molar-refractivity contribution in [3.8, 4) is 11.3 Å². The Kier molecular flexibility index (Phi) is 3.65. The van der Waals surface area contributed by atoms with Gasteiger partial charge in [-0.05, 0) is 29.3 Å². The Morgan fingerprint density at radius 1 is 1.10 bits per heavy atom. The van der Waals surface area contributed by atoms with Crippen LogP contribution < -0.4 is 5.32 Å². The molecule has 4 heteroatoms. The third-order valence-corrected chi connectivity index (χ3v) is 3.45. The van der Waals surface area contributed by atoms with Gasteiger partial charge in [0.05, 0.1) is 5.69 Å². The van der Waals surface area contributed by atoms with Crippen LogP contribution in [0, 0.1) is 0 Å². The molecule has 0 fully saturated rings. The number of aryl methyl sites for hydroxylation is 1. The maximum atomic E-state index is 3.97. The van der Waals surface area contributed by atoms with Crippen molar-refractivity contribution < 1.29 is 0 Å². The van der Waals surface area contributed by atoms with Gasteiger partial charge in [-0.15, -0.1) is 0 Å². The monoisotopic (exact) mass is 266 g/mol. The molecule has 1 aromatic carbocycles. The lowest BCUT2D eigenvalue weighted by Crippen LogP contribution is -2.14. The molecule has 3 rings (SSSR count). The molecule has 0 saturated heterocycles. The predicted molar refractivity (Wildman–Crippen MR) is 80.0 cm³/mol. The van der Waals surface area contributed by atoms with Gasteiger partial charge >= 0.3 is 0 Å². The van der Waals surface area contributed by atoms with E-state index in [9.17, 15) is 0 Å². The van der Waals surface area contributed by atoms with E-state index in [1.165, 1.54) is 11.3 Å². The summed E-state index contributed by atoms with van der Waals surface area (Å²) in [5.74, 6) is 0. The van der Waals surface area contributed by atoms with Crippen molar-refractivity contribution in [2.75, 3.05) is 0 Å². The molecule has 0 unspecified atom stereocenters. The van der Waals surface area contributed by atoms with Gasteiger partial charge < -0.3 is 9.88 Å². The zero-order chi connectivity index (χ0) is 13.8. The molecule has 0 radical (unpaired) electrons. The molecule has 0 aliphatic carbocycles. The molecule has 0 aliphatic rings. The number of nitrogens with zero attached hydrogens (tertiary/aromatic N) is 2. The first-order chi connectivity index (χ1) is 9.83. The van der Waals surface area contributed by atoms with Gasteiger partial charge in [0, 0.05) is 38.2 Å². The van der Waals surface area contributed by atoms with Gasteiger partial charge in [0.15, 0.2) is 0 Å². The summed E-state index contributed by atoms with van der Waals surface area (Å²) in [6.07, 6.45) is 3.83. The van der Waals surface area contributed by atoms with E-state index >= 15 is 0 Å². The number of hydrogen-bond acceptors (Lipinski definition) is 2. The summed E-state index contributed by atoms with van der Waals surface area (Å²) in [5.41, 5.74) is 4.78. The SMILES string of the molecule is Cn1cccc1CNCc1ccc(-c2ccn[nH]2)cc1. The van der Waals surface area contributed by atoms with Crippen molar-refractivity contribution in [2.45, 2.75) is 13.1 Å². The topological polar surface area (TPSA) is 45.6 Å². The average molecular weight is 266 g/mol. The van der Waals surface area contributed by atoms with Crippen LogP contribution in [0.2, 0.25) is 0 Å². The second-order valence-electron chi connectivity index (χ2n) is 4.88. The van der Waals surface area contributed by atoms with Crippen LogP contribution in [0.15, 0.2) is 54.9 Å². The van der Waals surface area contributed by atoms with E-state index < -0.39 is 0 Å². The van der Waals surface area contributed by atoms with Crippen LogP contribution in [0.25, 0.3) is 11.3 Å². The van der Waals surface area contributed by atoms with Gasteiger partial charge in [-0.3, -0.25) is 5.10 Å². The van der Waals surface area contributed by atoms with Crippen molar-refractivity contribution in [3.63, 3.8) is 0 Å². The summed E-state index contributed by atoms with van der Waals surface area (Å²) in [5, 5.41) is 10.4. The maximum Gasteiger partial charge on any atom is 0.0650 e. The first-order valence-electron chi connectivity index (χ1n) is 6.72. The minimum atomic E-state index is 0.869. The van der Waals surface area contributed by atoms with E-state index in [0.29, 0.717) is 0 Å². The number of nitrogens with one attached hydrogen (secondary N) is 2. The Bertz CT molecular complexity index is 650. The summed E-state index contributed by atoms with van der Waals surface area (Å²) < 4.78 is 2.13. The third-order valence-electron chi connectivity index (χ3n) is 3.45. The van der Waals surface area contributed by atoms with Gasteiger partial charge in [-0.2, -0.15) is 5.10 Å². The molecular weight excluding hydrogens is 248 g/mol. The van der Waals surface area contributed by atoms with E-state index in [-0.39, 0.29) is 0 Å². The molecule has 0 atom stereocenters. The minimum Gasteiger partial charge on any atom is -0.353 e. The van der Waals surface area contributed by atoms with E-state index in [1.54, 1.807) is 6.20 Å². The molecule has 0 aliphatic heterocycles. The third kappa shape index (κ3) is 2.81. The highest BCUT2D eigenvalue weighted by atomic mass is 15.1. The molecule has 0 saturated carbocycles. The molecule has 0 bridgehead atoms. The lowest BCUT2D eigenvalue weighted by Gasteiger charge is -2.07. The van der Waals surface area contributed by atoms with Crippen LogP contribution in [0.5, 0.6) is 0 Å². The summed E-state index contributed by atoms with van der Waals surface area (Å²) in [6, 6.07) is 14.7. The van der Waals surface area contributed by atoms with Crippen molar-refractivity contribution in [1.82, 2.24) is 20.1 Å². The highest BCUT2D eigenvalue weighted by molar-refractivity contribution is 5.58. The van der Waals surface area contributed by atoms with Gasteiger partial charge in [0.1, 0.15) is 0 Å². The van der Waals surface area contributed by atoms with Gasteiger partial charge in [-0.25, -0.2) is 0 Å². The molecule has 102 valence electrons. The number of hydrogen-bond donors (Lipinski definition) is 2. The molecule has 3 aromatic rings. The minimum absolute atomic E-state index is 0.869. The van der Waals surface area contributed by atoms with Gasteiger partial charge in [0.2, 0.25) is 0 Å². The lowest BCUT2D eigenvalue weighted by atomic mass is 10.1. The van der Waals surface area contributed by atoms with Gasteiger partial charge in [-0.1, -0.05) is 24.3 Å². The molecular formula is C16H18N4. The highest BCUT2D eigenvalue weighted by Crippen LogP contribution is 2.16. The number of aromatic nitrogens is 3. The second kappa shape index (κ2) is 5.75. The lowest BCUT2D eigenvalue weighted by molar-refractivity contribution is 0.655. The molecule has 0 amide bonds. The van der Waals surface area contributed by atoms with Crippen molar-refractivity contribution >= 4 is 0 Å². The van der Waals surface area contributed by atoms with Crippen molar-refractivity contribution in [3.05, 3.63) is 66.1 Å². The Morgan fingerprint density at radius 2 is 1.95 bits per heavy atom. The Labute approximate surface area is 118 Å². The Hall–Kier alpha value is -2.33. The molecule has 2 heterocycles. The summed E-state index contributed by atoms with van der Waals surface area (Å²) >= 11 is 0. The summed E-state index contributed by atoms with van der Waals surface area (Å²) in [7, 11) is 2.07. The van der Waals surface area contributed by atoms with Crippen LogP contribution in [-0.2, 0) is 20.1 Å². The zero-order valence-corrected chi connectivity index (χ0v) is 11.5. The van der Waals surface area contributed by atoms with Crippen LogP contribution in [0.3, 0.4) is 0 Å². The van der Waals surface area contributed by atoms with E-state index in [0.717, 1.165) is 24.3 Å². The Balaban J connectivity index is 1.57. The van der Waals surface area contributed by atoms with E-state index in [4.69, 9.17) is 0 Å². The van der Waals surface area contributed by atoms with Crippen LogP contribution in [-0.4, -0.2) is 14.8 Å². The van der Waals surface area contributed by atoms with Crippen LogP contribution >= 0.6 is 0 Å². The Morgan fingerprint density at radius 3 is 2.60 bits per heavy atom. The summed E-state index contributed by atoms with van der Waals surface area (Å²) in [6.45, 7) is 1.75. The largest absolute Gasteiger partial charge is 0.353 e. The standard InChI is InChI=1S/C16H18N4/c1-20-10-2-3-15(20)12-17-11-13-4-6-14(7-5-13)16-8-9-18-19-16/h2-10,17H,11-12H2,1H3,(H,18,19). The normalized spacial score (nSPS) is 10.8. The number of H-pyrrole nitrogens is 1. The molecule has 20 heavy (non-hydrogen) atoms. The second-order valence-corrected chi connectivity index (χ2v) is 4.88. The molecule has 2 aromatic heterocycles. The fourth-order valence-corrected chi connectivity index (χ4v) is 2.23. The quantitative estimate of drug-likeness (QED) is 0.746. The molecule has 2 N–H and O–H groups in total. The van der Waals surface area contributed by atoms with Crippen LogP contribution in [0.1, 0.15) is 11.3 Å². The fraction of sp³-hybridized carbons (Fsp3) is 0.188. The number of aromatic amines is 1. The fourth-order valence-electron chi connectivity index (χ4n) is 2.23. The maximum absolute atomic E-state index is 3.97. The molecule has 4 nitrogen and oxygen atoms in total. The first-order valence-corrected chi connectivity index (χ1v) is 6.72. The van der Waals surface area contributed by atoms with Gasteiger partial charge in [0.25, 0.3) is 0 Å². The number of benzene rings is 1. The van der Waals surface area contributed by atoms with E-state index in [1.807, 2.05) is 6.07 Å².